The van der Waals surface area contributed by atoms with E-state index in [9.17, 15) is 18.0 Å². The SMILES string of the molecule is Cc1ccc(C(=O)Nc2nc(-c3nnn(-c4ccccc4C(F)(F)F)c3C)ns2)cc1. The van der Waals surface area contributed by atoms with Crippen LogP contribution in [0.15, 0.2) is 48.5 Å². The van der Waals surface area contributed by atoms with E-state index in [2.05, 4.69) is 25.0 Å². The number of alkyl halides is 3. The molecule has 0 spiro atoms. The van der Waals surface area contributed by atoms with Crippen molar-refractivity contribution in [1.82, 2.24) is 24.4 Å². The molecule has 2 aromatic heterocycles. The van der Waals surface area contributed by atoms with E-state index in [1.807, 2.05) is 19.1 Å². The Labute approximate surface area is 178 Å². The number of carbonyl (C=O) groups is 1. The fraction of sp³-hybridized carbons (Fsp3) is 0.150. The number of carbonyl (C=O) groups excluding carboxylic acids is 1. The predicted octanol–water partition coefficient (Wildman–Crippen LogP) is 4.67. The zero-order valence-electron chi connectivity index (χ0n) is 16.3. The highest BCUT2D eigenvalue weighted by Gasteiger charge is 2.34. The van der Waals surface area contributed by atoms with Crippen molar-refractivity contribution in [3.8, 4) is 17.2 Å². The molecule has 4 rings (SSSR count). The highest BCUT2D eigenvalue weighted by atomic mass is 32.1. The first-order chi connectivity index (χ1) is 14.7. The zero-order chi connectivity index (χ0) is 22.2. The number of para-hydroxylation sites is 1. The third kappa shape index (κ3) is 4.17. The van der Waals surface area contributed by atoms with E-state index < -0.39 is 11.7 Å². The van der Waals surface area contributed by atoms with Gasteiger partial charge in [0.15, 0.2) is 11.5 Å². The summed E-state index contributed by atoms with van der Waals surface area (Å²) < 4.78 is 45.3. The average Bonchev–Trinajstić information content (AvgIpc) is 3.34. The van der Waals surface area contributed by atoms with Crippen molar-refractivity contribution in [2.75, 3.05) is 5.32 Å². The Morgan fingerprint density at radius 1 is 1.06 bits per heavy atom. The highest BCUT2D eigenvalue weighted by Crippen LogP contribution is 2.34. The van der Waals surface area contributed by atoms with Crippen LogP contribution in [-0.4, -0.2) is 30.3 Å². The number of hydrogen-bond donors (Lipinski definition) is 1. The molecule has 1 N–H and O–H groups in total. The largest absolute Gasteiger partial charge is 0.418 e. The van der Waals surface area contributed by atoms with Gasteiger partial charge in [-0.2, -0.15) is 22.5 Å². The van der Waals surface area contributed by atoms with Crippen molar-refractivity contribution in [2.24, 2.45) is 0 Å². The molecular formula is C20H15F3N6OS. The molecular weight excluding hydrogens is 429 g/mol. The number of nitrogens with one attached hydrogen (secondary N) is 1. The smallest absolute Gasteiger partial charge is 0.297 e. The molecule has 2 heterocycles. The third-order valence-electron chi connectivity index (χ3n) is 4.50. The van der Waals surface area contributed by atoms with Crippen LogP contribution in [0.4, 0.5) is 18.3 Å². The van der Waals surface area contributed by atoms with Gasteiger partial charge >= 0.3 is 6.18 Å². The normalized spacial score (nSPS) is 11.5. The molecule has 0 aliphatic heterocycles. The van der Waals surface area contributed by atoms with Crippen LogP contribution >= 0.6 is 11.5 Å². The molecule has 0 saturated heterocycles. The number of hydrogen-bond acceptors (Lipinski definition) is 6. The van der Waals surface area contributed by atoms with E-state index in [1.165, 1.54) is 18.2 Å². The molecule has 0 saturated carbocycles. The molecule has 0 radical (unpaired) electrons. The second-order valence-electron chi connectivity index (χ2n) is 6.69. The Kier molecular flexibility index (Phi) is 5.27. The van der Waals surface area contributed by atoms with E-state index in [1.54, 1.807) is 19.1 Å². The van der Waals surface area contributed by atoms with E-state index in [0.29, 0.717) is 11.3 Å². The Hall–Kier alpha value is -3.60. The zero-order valence-corrected chi connectivity index (χ0v) is 17.1. The maximum Gasteiger partial charge on any atom is 0.418 e. The molecule has 158 valence electrons. The van der Waals surface area contributed by atoms with E-state index in [4.69, 9.17) is 0 Å². The fourth-order valence-electron chi connectivity index (χ4n) is 2.91. The molecule has 0 atom stereocenters. The lowest BCUT2D eigenvalue weighted by Gasteiger charge is -2.12. The number of aryl methyl sites for hydroxylation is 1. The molecule has 31 heavy (non-hydrogen) atoms. The van der Waals surface area contributed by atoms with Crippen molar-refractivity contribution < 1.29 is 18.0 Å². The molecule has 2 aromatic carbocycles. The Bertz CT molecular complexity index is 1250. The minimum atomic E-state index is -4.54. The minimum absolute atomic E-state index is 0.144. The fourth-order valence-corrected chi connectivity index (χ4v) is 3.47. The second kappa shape index (κ2) is 7.91. The molecule has 0 fully saturated rings. The number of anilines is 1. The van der Waals surface area contributed by atoms with E-state index >= 15 is 0 Å². The van der Waals surface area contributed by atoms with Crippen LogP contribution in [0.3, 0.4) is 0 Å². The molecule has 0 unspecified atom stereocenters. The number of benzene rings is 2. The molecule has 0 bridgehead atoms. The van der Waals surface area contributed by atoms with Crippen molar-refractivity contribution in [3.63, 3.8) is 0 Å². The van der Waals surface area contributed by atoms with Gasteiger partial charge in [0.05, 0.1) is 16.9 Å². The van der Waals surface area contributed by atoms with Crippen molar-refractivity contribution in [2.45, 2.75) is 20.0 Å². The van der Waals surface area contributed by atoms with Crippen LogP contribution in [0.25, 0.3) is 17.2 Å². The lowest BCUT2D eigenvalue weighted by atomic mass is 10.1. The van der Waals surface area contributed by atoms with Gasteiger partial charge in [-0.3, -0.25) is 10.1 Å². The highest BCUT2D eigenvalue weighted by molar-refractivity contribution is 7.10. The first-order valence-corrected chi connectivity index (χ1v) is 9.82. The van der Waals surface area contributed by atoms with Crippen LogP contribution in [0.5, 0.6) is 0 Å². The van der Waals surface area contributed by atoms with Crippen LogP contribution < -0.4 is 5.32 Å². The first-order valence-electron chi connectivity index (χ1n) is 9.05. The van der Waals surface area contributed by atoms with Crippen molar-refractivity contribution in [3.05, 3.63) is 70.9 Å². The Balaban J connectivity index is 1.61. The standard InChI is InChI=1S/C20H15F3N6OS/c1-11-7-9-13(10-8-11)18(30)25-19-24-17(27-31-19)16-12(2)29(28-26-16)15-6-4-3-5-14(15)20(21,22)23/h3-10H,1-2H3,(H,24,25,27,30). The lowest BCUT2D eigenvalue weighted by Crippen LogP contribution is -2.12. The van der Waals surface area contributed by atoms with Gasteiger partial charge < -0.3 is 0 Å². The quantitative estimate of drug-likeness (QED) is 0.494. The summed E-state index contributed by atoms with van der Waals surface area (Å²) in [5, 5.41) is 10.7. The monoisotopic (exact) mass is 444 g/mol. The molecule has 4 aromatic rings. The van der Waals surface area contributed by atoms with Gasteiger partial charge in [0.2, 0.25) is 5.13 Å². The number of rotatable bonds is 4. The summed E-state index contributed by atoms with van der Waals surface area (Å²) in [5.74, 6) is -0.181. The van der Waals surface area contributed by atoms with Crippen LogP contribution in [0.2, 0.25) is 0 Å². The number of halogens is 3. The first kappa shape index (κ1) is 20.7. The lowest BCUT2D eigenvalue weighted by molar-refractivity contribution is -0.137. The topological polar surface area (TPSA) is 85.6 Å². The van der Waals surface area contributed by atoms with Gasteiger partial charge in [-0.1, -0.05) is 35.0 Å². The second-order valence-corrected chi connectivity index (χ2v) is 7.45. The van der Waals surface area contributed by atoms with Crippen LogP contribution in [-0.2, 0) is 6.18 Å². The van der Waals surface area contributed by atoms with Gasteiger partial charge in [-0.15, -0.1) is 5.10 Å². The maximum absolute atomic E-state index is 13.4. The van der Waals surface area contributed by atoms with E-state index in [0.717, 1.165) is 27.8 Å². The van der Waals surface area contributed by atoms with Crippen molar-refractivity contribution in [1.29, 1.82) is 0 Å². The average molecular weight is 444 g/mol. The number of amides is 1. The Morgan fingerprint density at radius 2 is 1.77 bits per heavy atom. The minimum Gasteiger partial charge on any atom is -0.297 e. The summed E-state index contributed by atoms with van der Waals surface area (Å²) in [4.78, 5) is 16.6. The molecule has 0 aliphatic rings. The van der Waals surface area contributed by atoms with Crippen LogP contribution in [0.1, 0.15) is 27.2 Å². The van der Waals surface area contributed by atoms with Gasteiger partial charge in [0, 0.05) is 17.1 Å². The van der Waals surface area contributed by atoms with Gasteiger partial charge in [0.25, 0.3) is 5.91 Å². The molecule has 7 nitrogen and oxygen atoms in total. The van der Waals surface area contributed by atoms with Crippen LogP contribution in [0, 0.1) is 13.8 Å². The van der Waals surface area contributed by atoms with Gasteiger partial charge in [0.1, 0.15) is 0 Å². The molecule has 1 amide bonds. The summed E-state index contributed by atoms with van der Waals surface area (Å²) in [5.41, 5.74) is 1.09. The van der Waals surface area contributed by atoms with Gasteiger partial charge in [-0.05, 0) is 38.1 Å². The molecule has 0 aliphatic carbocycles. The summed E-state index contributed by atoms with van der Waals surface area (Å²) in [7, 11) is 0. The summed E-state index contributed by atoms with van der Waals surface area (Å²) in [6.07, 6.45) is -4.54. The third-order valence-corrected chi connectivity index (χ3v) is 5.13. The predicted molar refractivity (Wildman–Crippen MR) is 109 cm³/mol. The summed E-state index contributed by atoms with van der Waals surface area (Å²) in [6.45, 7) is 3.50. The number of aromatic nitrogens is 5. The number of nitrogens with zero attached hydrogens (tertiary/aromatic N) is 5. The maximum atomic E-state index is 13.4. The summed E-state index contributed by atoms with van der Waals surface area (Å²) in [6, 6.07) is 12.1. The summed E-state index contributed by atoms with van der Waals surface area (Å²) >= 11 is 0.942. The van der Waals surface area contributed by atoms with Crippen molar-refractivity contribution >= 4 is 22.6 Å². The van der Waals surface area contributed by atoms with E-state index in [-0.39, 0.29) is 28.2 Å². The van der Waals surface area contributed by atoms with Gasteiger partial charge in [-0.25, -0.2) is 4.68 Å². The molecule has 11 heteroatoms. The Morgan fingerprint density at radius 3 is 2.48 bits per heavy atom.